The molecule has 0 radical (unpaired) electrons. The summed E-state index contributed by atoms with van der Waals surface area (Å²) < 4.78 is 1.56. The molecule has 0 saturated carbocycles. The zero-order chi connectivity index (χ0) is 15.1. The van der Waals surface area contributed by atoms with Crippen LogP contribution in [0, 0.1) is 6.92 Å². The first kappa shape index (κ1) is 14.5. The van der Waals surface area contributed by atoms with Crippen LogP contribution in [-0.2, 0) is 12.0 Å². The van der Waals surface area contributed by atoms with Gasteiger partial charge in [-0.25, -0.2) is 14.5 Å². The second-order valence-corrected chi connectivity index (χ2v) is 5.84. The Morgan fingerprint density at radius 3 is 2.55 bits per heavy atom. The van der Waals surface area contributed by atoms with Crippen molar-refractivity contribution in [3.8, 4) is 0 Å². The van der Waals surface area contributed by atoms with Crippen molar-refractivity contribution in [1.82, 2.24) is 14.8 Å². The number of carboxylic acids is 1. The Kier molecular flexibility index (Phi) is 3.52. The molecule has 2 aromatic heterocycles. The summed E-state index contributed by atoms with van der Waals surface area (Å²) in [5, 5.41) is 23.3. The molecular weight excluding hydrogens is 258 g/mol. The van der Waals surface area contributed by atoms with Gasteiger partial charge in [-0.3, -0.25) is 0 Å². The van der Waals surface area contributed by atoms with Crippen LogP contribution in [0.2, 0.25) is 0 Å². The van der Waals surface area contributed by atoms with Crippen molar-refractivity contribution in [1.29, 1.82) is 0 Å². The number of carbonyl (C=O) groups is 1. The lowest BCUT2D eigenvalue weighted by Crippen LogP contribution is -2.16. The van der Waals surface area contributed by atoms with E-state index in [-0.39, 0.29) is 17.6 Å². The lowest BCUT2D eigenvalue weighted by atomic mass is 9.90. The minimum atomic E-state index is -0.991. The molecule has 0 aliphatic carbocycles. The van der Waals surface area contributed by atoms with Crippen LogP contribution >= 0.6 is 0 Å². The first-order valence-corrected chi connectivity index (χ1v) is 6.48. The number of pyridine rings is 1. The van der Waals surface area contributed by atoms with Gasteiger partial charge < -0.3 is 10.2 Å². The van der Waals surface area contributed by atoms with E-state index in [1.807, 2.05) is 20.8 Å². The molecule has 2 heterocycles. The Morgan fingerprint density at radius 1 is 1.40 bits per heavy atom. The first-order chi connectivity index (χ1) is 9.25. The van der Waals surface area contributed by atoms with E-state index in [0.717, 1.165) is 0 Å². The third-order valence-corrected chi connectivity index (χ3v) is 3.19. The summed E-state index contributed by atoms with van der Waals surface area (Å²) in [5.41, 5.74) is 1.77. The van der Waals surface area contributed by atoms with Crippen molar-refractivity contribution >= 4 is 17.0 Å². The van der Waals surface area contributed by atoms with E-state index in [2.05, 4.69) is 10.1 Å². The number of carboxylic acid groups (broad SMARTS) is 1. The van der Waals surface area contributed by atoms with Crippen LogP contribution in [0.25, 0.3) is 11.0 Å². The van der Waals surface area contributed by atoms with Gasteiger partial charge in [-0.15, -0.1) is 0 Å². The molecule has 0 bridgehead atoms. The van der Waals surface area contributed by atoms with Crippen molar-refractivity contribution in [2.45, 2.75) is 39.7 Å². The predicted octanol–water partition coefficient (Wildman–Crippen LogP) is 1.73. The highest BCUT2D eigenvalue weighted by Crippen LogP contribution is 2.28. The molecule has 20 heavy (non-hydrogen) atoms. The van der Waals surface area contributed by atoms with Gasteiger partial charge in [-0.05, 0) is 13.0 Å². The van der Waals surface area contributed by atoms with Gasteiger partial charge in [0.15, 0.2) is 5.65 Å². The highest BCUT2D eigenvalue weighted by molar-refractivity contribution is 6.03. The fraction of sp³-hybridized carbons (Fsp3) is 0.500. The van der Waals surface area contributed by atoms with Gasteiger partial charge in [0.05, 0.1) is 29.8 Å². The van der Waals surface area contributed by atoms with Crippen molar-refractivity contribution < 1.29 is 15.0 Å². The van der Waals surface area contributed by atoms with Gasteiger partial charge in [0.2, 0.25) is 0 Å². The molecule has 0 atom stereocenters. The minimum absolute atomic E-state index is 0.0694. The number of hydrogen-bond acceptors (Lipinski definition) is 4. The van der Waals surface area contributed by atoms with E-state index >= 15 is 0 Å². The summed E-state index contributed by atoms with van der Waals surface area (Å²) in [6.07, 6.45) is 0. The quantitative estimate of drug-likeness (QED) is 0.892. The number of fused-ring (bicyclic) bond motifs is 1. The Morgan fingerprint density at radius 2 is 2.05 bits per heavy atom. The zero-order valence-electron chi connectivity index (χ0n) is 12.1. The zero-order valence-corrected chi connectivity index (χ0v) is 12.1. The molecule has 0 spiro atoms. The molecular formula is C14H19N3O3. The lowest BCUT2D eigenvalue weighted by molar-refractivity contribution is 0.0698. The maximum Gasteiger partial charge on any atom is 0.336 e. The van der Waals surface area contributed by atoms with Crippen LogP contribution in [0.3, 0.4) is 0 Å². The molecule has 0 saturated heterocycles. The number of aliphatic hydroxyl groups is 1. The molecule has 0 unspecified atom stereocenters. The summed E-state index contributed by atoms with van der Waals surface area (Å²) in [6.45, 7) is 7.91. The van der Waals surface area contributed by atoms with Gasteiger partial charge in [0.25, 0.3) is 0 Å². The van der Waals surface area contributed by atoms with Crippen LogP contribution < -0.4 is 0 Å². The Balaban J connectivity index is 2.84. The van der Waals surface area contributed by atoms with Crippen LogP contribution in [0.5, 0.6) is 0 Å². The standard InChI is InChI=1S/C14H19N3O3/c1-8-11-9(13(19)20)7-10(14(2,3)4)15-12(11)17(16-8)5-6-18/h7,18H,5-6H2,1-4H3,(H,19,20). The summed E-state index contributed by atoms with van der Waals surface area (Å²) in [7, 11) is 0. The third kappa shape index (κ3) is 2.38. The predicted molar refractivity (Wildman–Crippen MR) is 75.0 cm³/mol. The Hall–Kier alpha value is -1.95. The van der Waals surface area contributed by atoms with Crippen molar-refractivity contribution in [3.63, 3.8) is 0 Å². The molecule has 6 nitrogen and oxygen atoms in total. The summed E-state index contributed by atoms with van der Waals surface area (Å²) in [5.74, 6) is -0.991. The SMILES string of the molecule is Cc1nn(CCO)c2nc(C(C)(C)C)cc(C(=O)O)c12. The maximum atomic E-state index is 11.5. The molecule has 0 aliphatic heterocycles. The number of nitrogens with zero attached hydrogens (tertiary/aromatic N) is 3. The number of aliphatic hydroxyl groups excluding tert-OH is 1. The number of hydrogen-bond donors (Lipinski definition) is 2. The molecule has 2 rings (SSSR count). The Labute approximate surface area is 117 Å². The molecule has 0 aliphatic rings. The normalized spacial score (nSPS) is 12.1. The van der Waals surface area contributed by atoms with Crippen LogP contribution in [0.1, 0.15) is 42.5 Å². The molecule has 0 fully saturated rings. The minimum Gasteiger partial charge on any atom is -0.478 e. The molecule has 2 aromatic rings. The van der Waals surface area contributed by atoms with E-state index in [1.54, 1.807) is 17.7 Å². The second kappa shape index (κ2) is 4.86. The van der Waals surface area contributed by atoms with Crippen molar-refractivity contribution in [2.75, 3.05) is 6.61 Å². The summed E-state index contributed by atoms with van der Waals surface area (Å²) in [6, 6.07) is 1.61. The number of rotatable bonds is 3. The number of aryl methyl sites for hydroxylation is 1. The molecule has 0 aromatic carbocycles. The Bertz CT molecular complexity index is 668. The van der Waals surface area contributed by atoms with E-state index < -0.39 is 5.97 Å². The summed E-state index contributed by atoms with van der Waals surface area (Å²) >= 11 is 0. The first-order valence-electron chi connectivity index (χ1n) is 6.48. The molecule has 2 N–H and O–H groups in total. The van der Waals surface area contributed by atoms with Gasteiger partial charge in [0.1, 0.15) is 0 Å². The van der Waals surface area contributed by atoms with Gasteiger partial charge in [-0.2, -0.15) is 5.10 Å². The average molecular weight is 277 g/mol. The van der Waals surface area contributed by atoms with E-state index in [4.69, 9.17) is 5.11 Å². The number of aromatic carboxylic acids is 1. The van der Waals surface area contributed by atoms with E-state index in [9.17, 15) is 9.90 Å². The van der Waals surface area contributed by atoms with Gasteiger partial charge >= 0.3 is 5.97 Å². The molecule has 0 amide bonds. The smallest absolute Gasteiger partial charge is 0.336 e. The van der Waals surface area contributed by atoms with Crippen LogP contribution in [-0.4, -0.2) is 37.6 Å². The molecule has 6 heteroatoms. The third-order valence-electron chi connectivity index (χ3n) is 3.19. The van der Waals surface area contributed by atoms with E-state index in [0.29, 0.717) is 29.0 Å². The fourth-order valence-corrected chi connectivity index (χ4v) is 2.16. The second-order valence-electron chi connectivity index (χ2n) is 5.84. The number of aromatic nitrogens is 3. The van der Waals surface area contributed by atoms with Crippen molar-refractivity contribution in [2.24, 2.45) is 0 Å². The lowest BCUT2D eigenvalue weighted by Gasteiger charge is -2.18. The fourth-order valence-electron chi connectivity index (χ4n) is 2.16. The largest absolute Gasteiger partial charge is 0.478 e. The van der Waals surface area contributed by atoms with E-state index in [1.165, 1.54) is 0 Å². The monoisotopic (exact) mass is 277 g/mol. The van der Waals surface area contributed by atoms with Gasteiger partial charge in [0, 0.05) is 11.1 Å². The molecule has 108 valence electrons. The highest BCUT2D eigenvalue weighted by atomic mass is 16.4. The topological polar surface area (TPSA) is 88.2 Å². The van der Waals surface area contributed by atoms with Gasteiger partial charge in [-0.1, -0.05) is 20.8 Å². The average Bonchev–Trinajstić information content (AvgIpc) is 2.65. The van der Waals surface area contributed by atoms with Crippen molar-refractivity contribution in [3.05, 3.63) is 23.0 Å². The maximum absolute atomic E-state index is 11.5. The summed E-state index contributed by atoms with van der Waals surface area (Å²) in [4.78, 5) is 16.1. The van der Waals surface area contributed by atoms with Crippen LogP contribution in [0.15, 0.2) is 6.07 Å². The van der Waals surface area contributed by atoms with Crippen LogP contribution in [0.4, 0.5) is 0 Å². The highest BCUT2D eigenvalue weighted by Gasteiger charge is 2.23.